The van der Waals surface area contributed by atoms with Crippen LogP contribution in [0.25, 0.3) is 0 Å². The van der Waals surface area contributed by atoms with Gasteiger partial charge in [0.05, 0.1) is 10.6 Å². The SMILES string of the molecule is CC(=O)N1CCc2cc(Br)cc(S(=O)(=O)NCCc3ccc(S(N)(=O)=O)cc3)c21. The fourth-order valence-electron chi connectivity index (χ4n) is 3.24. The molecule has 0 spiro atoms. The van der Waals surface area contributed by atoms with Crippen molar-refractivity contribution in [2.24, 2.45) is 5.14 Å². The Morgan fingerprint density at radius 1 is 1.17 bits per heavy atom. The highest BCUT2D eigenvalue weighted by Crippen LogP contribution is 2.37. The van der Waals surface area contributed by atoms with E-state index in [1.54, 1.807) is 12.1 Å². The fourth-order valence-corrected chi connectivity index (χ4v) is 5.72. The molecule has 156 valence electrons. The molecule has 1 aliphatic rings. The van der Waals surface area contributed by atoms with E-state index in [4.69, 9.17) is 5.14 Å². The van der Waals surface area contributed by atoms with Crippen LogP contribution in [0, 0.1) is 0 Å². The van der Waals surface area contributed by atoms with E-state index in [0.717, 1.165) is 11.1 Å². The lowest BCUT2D eigenvalue weighted by atomic mass is 10.2. The highest BCUT2D eigenvalue weighted by molar-refractivity contribution is 9.10. The van der Waals surface area contributed by atoms with Crippen LogP contribution >= 0.6 is 15.9 Å². The summed E-state index contributed by atoms with van der Waals surface area (Å²) in [6.07, 6.45) is 0.948. The molecule has 3 N–H and O–H groups in total. The number of fused-ring (bicyclic) bond motifs is 1. The minimum atomic E-state index is -3.87. The van der Waals surface area contributed by atoms with Crippen molar-refractivity contribution >= 4 is 47.6 Å². The maximum atomic E-state index is 12.9. The van der Waals surface area contributed by atoms with Gasteiger partial charge in [-0.05, 0) is 48.2 Å². The molecule has 0 aromatic heterocycles. The Kier molecular flexibility index (Phi) is 6.16. The number of rotatable bonds is 6. The van der Waals surface area contributed by atoms with E-state index in [0.29, 0.717) is 29.5 Å². The molecule has 0 fully saturated rings. The Morgan fingerprint density at radius 3 is 2.41 bits per heavy atom. The normalized spacial score (nSPS) is 14.1. The van der Waals surface area contributed by atoms with Gasteiger partial charge in [0.1, 0.15) is 4.90 Å². The predicted molar refractivity (Wildman–Crippen MR) is 113 cm³/mol. The van der Waals surface area contributed by atoms with E-state index in [9.17, 15) is 21.6 Å². The summed E-state index contributed by atoms with van der Waals surface area (Å²) in [5.74, 6) is -0.211. The van der Waals surface area contributed by atoms with Gasteiger partial charge in [-0.1, -0.05) is 28.1 Å². The largest absolute Gasteiger partial charge is 0.311 e. The highest BCUT2D eigenvalue weighted by atomic mass is 79.9. The number of hydrogen-bond donors (Lipinski definition) is 2. The number of benzene rings is 2. The summed E-state index contributed by atoms with van der Waals surface area (Å²) >= 11 is 3.34. The molecule has 29 heavy (non-hydrogen) atoms. The zero-order valence-electron chi connectivity index (χ0n) is 15.6. The Labute approximate surface area is 178 Å². The highest BCUT2D eigenvalue weighted by Gasteiger charge is 2.31. The molecule has 1 heterocycles. The summed E-state index contributed by atoms with van der Waals surface area (Å²) in [5.41, 5.74) is 1.98. The number of hydrogen-bond acceptors (Lipinski definition) is 5. The first kappa shape index (κ1) is 21.9. The molecular formula is C18H20BrN3O5S2. The number of halogens is 1. The first-order valence-corrected chi connectivity index (χ1v) is 12.5. The number of carbonyl (C=O) groups is 1. The van der Waals surface area contributed by atoms with Gasteiger partial charge in [0.25, 0.3) is 0 Å². The Morgan fingerprint density at radius 2 is 1.83 bits per heavy atom. The number of nitrogens with zero attached hydrogens (tertiary/aromatic N) is 1. The molecule has 11 heteroatoms. The second-order valence-electron chi connectivity index (χ2n) is 6.67. The summed E-state index contributed by atoms with van der Waals surface area (Å²) in [6.45, 7) is 1.96. The van der Waals surface area contributed by atoms with E-state index in [1.807, 2.05) is 6.07 Å². The molecule has 0 radical (unpaired) electrons. The van der Waals surface area contributed by atoms with Gasteiger partial charge in [-0.3, -0.25) is 4.79 Å². The molecular weight excluding hydrogens is 482 g/mol. The maximum absolute atomic E-state index is 12.9. The second kappa shape index (κ2) is 8.15. The van der Waals surface area contributed by atoms with Crippen molar-refractivity contribution in [3.8, 4) is 0 Å². The van der Waals surface area contributed by atoms with Crippen molar-refractivity contribution in [1.82, 2.24) is 4.72 Å². The number of primary sulfonamides is 1. The third-order valence-electron chi connectivity index (χ3n) is 4.62. The van der Waals surface area contributed by atoms with Crippen molar-refractivity contribution < 1.29 is 21.6 Å². The number of amides is 1. The zero-order chi connectivity index (χ0) is 21.4. The van der Waals surface area contributed by atoms with Crippen molar-refractivity contribution in [2.45, 2.75) is 29.6 Å². The minimum Gasteiger partial charge on any atom is -0.311 e. The molecule has 0 saturated heterocycles. The van der Waals surface area contributed by atoms with Gasteiger partial charge >= 0.3 is 0 Å². The molecule has 0 bridgehead atoms. The van der Waals surface area contributed by atoms with Crippen LogP contribution in [-0.4, -0.2) is 35.8 Å². The Hall–Kier alpha value is -1.79. The summed E-state index contributed by atoms with van der Waals surface area (Å²) in [7, 11) is -7.64. The van der Waals surface area contributed by atoms with E-state index >= 15 is 0 Å². The van der Waals surface area contributed by atoms with Crippen LogP contribution in [0.4, 0.5) is 5.69 Å². The first-order valence-electron chi connectivity index (χ1n) is 8.71. The topological polar surface area (TPSA) is 127 Å². The number of carbonyl (C=O) groups excluding carboxylic acids is 1. The molecule has 2 aromatic carbocycles. The number of anilines is 1. The standard InChI is InChI=1S/C18H20BrN3O5S2/c1-12(23)22-9-7-14-10-15(19)11-17(18(14)22)29(26,27)21-8-6-13-2-4-16(5-3-13)28(20,24)25/h2-5,10-11,21H,6-9H2,1H3,(H2,20,24,25). The molecule has 0 aliphatic carbocycles. The fraction of sp³-hybridized carbons (Fsp3) is 0.278. The van der Waals surface area contributed by atoms with Crippen molar-refractivity contribution in [3.63, 3.8) is 0 Å². The molecule has 8 nitrogen and oxygen atoms in total. The second-order valence-corrected chi connectivity index (χ2v) is 10.9. The van der Waals surface area contributed by atoms with Crippen molar-refractivity contribution in [3.05, 3.63) is 52.0 Å². The first-order chi connectivity index (χ1) is 13.5. The van der Waals surface area contributed by atoms with Crippen LogP contribution in [0.3, 0.4) is 0 Å². The van der Waals surface area contributed by atoms with Crippen LogP contribution in [0.1, 0.15) is 18.1 Å². The monoisotopic (exact) mass is 501 g/mol. The van der Waals surface area contributed by atoms with Gasteiger partial charge in [-0.2, -0.15) is 0 Å². The van der Waals surface area contributed by atoms with E-state index < -0.39 is 20.0 Å². The van der Waals surface area contributed by atoms with Gasteiger partial charge in [-0.25, -0.2) is 26.7 Å². The van der Waals surface area contributed by atoms with Crippen molar-refractivity contribution in [1.29, 1.82) is 0 Å². The van der Waals surface area contributed by atoms with Gasteiger partial charge in [0.15, 0.2) is 0 Å². The van der Waals surface area contributed by atoms with Gasteiger partial charge in [0, 0.05) is 24.5 Å². The van der Waals surface area contributed by atoms with Crippen LogP contribution in [0.15, 0.2) is 50.7 Å². The van der Waals surface area contributed by atoms with Crippen LogP contribution in [-0.2, 0) is 37.7 Å². The van der Waals surface area contributed by atoms with E-state index in [-0.39, 0.29) is 22.2 Å². The van der Waals surface area contributed by atoms with Gasteiger partial charge < -0.3 is 4.90 Å². The molecule has 3 rings (SSSR count). The van der Waals surface area contributed by atoms with Gasteiger partial charge in [-0.15, -0.1) is 0 Å². The number of sulfonamides is 2. The maximum Gasteiger partial charge on any atom is 0.242 e. The Bertz CT molecular complexity index is 1160. The molecule has 0 atom stereocenters. The smallest absolute Gasteiger partial charge is 0.242 e. The summed E-state index contributed by atoms with van der Waals surface area (Å²) in [6, 6.07) is 9.24. The van der Waals surface area contributed by atoms with E-state index in [2.05, 4.69) is 20.7 Å². The van der Waals surface area contributed by atoms with Gasteiger partial charge in [0.2, 0.25) is 26.0 Å². The lowest BCUT2D eigenvalue weighted by molar-refractivity contribution is -0.116. The zero-order valence-corrected chi connectivity index (χ0v) is 18.8. The molecule has 1 amide bonds. The predicted octanol–water partition coefficient (Wildman–Crippen LogP) is 1.53. The number of nitrogens with one attached hydrogen (secondary N) is 1. The van der Waals surface area contributed by atoms with Crippen LogP contribution in [0.2, 0.25) is 0 Å². The lowest BCUT2D eigenvalue weighted by Gasteiger charge is -2.19. The quantitative estimate of drug-likeness (QED) is 0.620. The van der Waals surface area contributed by atoms with Crippen molar-refractivity contribution in [2.75, 3.05) is 18.0 Å². The molecule has 0 unspecified atom stereocenters. The third-order valence-corrected chi connectivity index (χ3v) is 7.48. The van der Waals surface area contributed by atoms with Crippen LogP contribution < -0.4 is 14.8 Å². The number of nitrogens with two attached hydrogens (primary N) is 1. The molecule has 0 saturated carbocycles. The molecule has 2 aromatic rings. The van der Waals surface area contributed by atoms with E-state index in [1.165, 1.54) is 30.0 Å². The third kappa shape index (κ3) is 4.86. The minimum absolute atomic E-state index is 0.00384. The Balaban J connectivity index is 1.78. The van der Waals surface area contributed by atoms with Crippen LogP contribution in [0.5, 0.6) is 0 Å². The summed E-state index contributed by atoms with van der Waals surface area (Å²) in [4.78, 5) is 13.4. The average molecular weight is 502 g/mol. The summed E-state index contributed by atoms with van der Waals surface area (Å²) in [5, 5.41) is 5.07. The lowest BCUT2D eigenvalue weighted by Crippen LogP contribution is -2.31. The summed E-state index contributed by atoms with van der Waals surface area (Å²) < 4.78 is 51.6. The molecule has 1 aliphatic heterocycles. The average Bonchev–Trinajstić information content (AvgIpc) is 3.04.